The second kappa shape index (κ2) is 5.46. The molecular weight excluding hydrogens is 235 g/mol. The summed E-state index contributed by atoms with van der Waals surface area (Å²) in [5.74, 6) is -0.718. The Balaban J connectivity index is 3.04. The van der Waals surface area contributed by atoms with E-state index < -0.39 is 18.0 Å². The van der Waals surface area contributed by atoms with Gasteiger partial charge in [0.05, 0.1) is 11.1 Å². The predicted octanol–water partition coefficient (Wildman–Crippen LogP) is 2.76. The molecule has 16 heavy (non-hydrogen) atoms. The Morgan fingerprint density at radius 2 is 2.50 bits per heavy atom. The molecule has 0 aromatic carbocycles. The highest BCUT2D eigenvalue weighted by Gasteiger charge is 2.19. The molecule has 1 aromatic heterocycles. The molecule has 1 heterocycles. The SMILES string of the molecule is C=CCC(NC(=O)O)c1nccc(Cl)c1F. The number of carbonyl (C=O) groups is 1. The zero-order valence-electron chi connectivity index (χ0n) is 8.28. The van der Waals surface area contributed by atoms with Gasteiger partial charge in [-0.05, 0) is 12.5 Å². The van der Waals surface area contributed by atoms with Gasteiger partial charge in [-0.15, -0.1) is 6.58 Å². The number of nitrogens with zero attached hydrogens (tertiary/aromatic N) is 1. The Labute approximate surface area is 96.8 Å². The minimum absolute atomic E-state index is 0.0326. The lowest BCUT2D eigenvalue weighted by molar-refractivity contribution is 0.189. The summed E-state index contributed by atoms with van der Waals surface area (Å²) >= 11 is 5.58. The summed E-state index contributed by atoms with van der Waals surface area (Å²) in [7, 11) is 0. The molecule has 0 saturated heterocycles. The van der Waals surface area contributed by atoms with Gasteiger partial charge in [-0.2, -0.15) is 0 Å². The zero-order chi connectivity index (χ0) is 12.1. The molecule has 0 saturated carbocycles. The van der Waals surface area contributed by atoms with Crippen LogP contribution in [0.5, 0.6) is 0 Å². The van der Waals surface area contributed by atoms with E-state index in [4.69, 9.17) is 16.7 Å². The van der Waals surface area contributed by atoms with E-state index in [9.17, 15) is 9.18 Å². The first-order chi connectivity index (χ1) is 7.56. The molecule has 0 radical (unpaired) electrons. The summed E-state index contributed by atoms with van der Waals surface area (Å²) in [6.45, 7) is 3.47. The first-order valence-corrected chi connectivity index (χ1v) is 4.84. The molecule has 1 unspecified atom stereocenters. The summed E-state index contributed by atoms with van der Waals surface area (Å²) in [6.07, 6.45) is 1.77. The number of hydrogen-bond acceptors (Lipinski definition) is 2. The lowest BCUT2D eigenvalue weighted by atomic mass is 10.1. The smallest absolute Gasteiger partial charge is 0.405 e. The molecule has 0 aliphatic carbocycles. The maximum atomic E-state index is 13.6. The first kappa shape index (κ1) is 12.4. The molecule has 1 rings (SSSR count). The predicted molar refractivity (Wildman–Crippen MR) is 57.9 cm³/mol. The van der Waals surface area contributed by atoms with E-state index >= 15 is 0 Å². The van der Waals surface area contributed by atoms with Gasteiger partial charge in [-0.1, -0.05) is 17.7 Å². The van der Waals surface area contributed by atoms with Crippen molar-refractivity contribution in [2.45, 2.75) is 12.5 Å². The Kier molecular flexibility index (Phi) is 4.25. The largest absolute Gasteiger partial charge is 0.465 e. The number of aromatic nitrogens is 1. The van der Waals surface area contributed by atoms with Crippen molar-refractivity contribution < 1.29 is 14.3 Å². The molecule has 6 heteroatoms. The van der Waals surface area contributed by atoms with Crippen LogP contribution >= 0.6 is 11.6 Å². The van der Waals surface area contributed by atoms with E-state index in [1.165, 1.54) is 18.3 Å². The van der Waals surface area contributed by atoms with Gasteiger partial charge in [0.25, 0.3) is 0 Å². The van der Waals surface area contributed by atoms with Crippen LogP contribution in [0.1, 0.15) is 18.2 Å². The molecule has 1 aromatic rings. The quantitative estimate of drug-likeness (QED) is 0.801. The topological polar surface area (TPSA) is 62.2 Å². The van der Waals surface area contributed by atoms with Crippen LogP contribution in [0.4, 0.5) is 9.18 Å². The fraction of sp³-hybridized carbons (Fsp3) is 0.200. The van der Waals surface area contributed by atoms with Crippen molar-refractivity contribution >= 4 is 17.7 Å². The average molecular weight is 245 g/mol. The van der Waals surface area contributed by atoms with Crippen molar-refractivity contribution in [1.82, 2.24) is 10.3 Å². The lowest BCUT2D eigenvalue weighted by Gasteiger charge is -2.15. The third-order valence-electron chi connectivity index (χ3n) is 1.90. The van der Waals surface area contributed by atoms with E-state index in [0.717, 1.165) is 0 Å². The zero-order valence-corrected chi connectivity index (χ0v) is 9.04. The summed E-state index contributed by atoms with van der Waals surface area (Å²) < 4.78 is 13.6. The molecule has 2 N–H and O–H groups in total. The standard InChI is InChI=1S/C10H10ClFN2O2/c1-2-3-7(14-10(15)16)9-8(12)6(11)4-5-13-9/h2,4-5,7,14H,1,3H2,(H,15,16). The Morgan fingerprint density at radius 3 is 3.06 bits per heavy atom. The van der Waals surface area contributed by atoms with E-state index in [1.54, 1.807) is 0 Å². The van der Waals surface area contributed by atoms with Crippen LogP contribution in [0.2, 0.25) is 5.02 Å². The monoisotopic (exact) mass is 244 g/mol. The van der Waals surface area contributed by atoms with E-state index in [2.05, 4.69) is 16.9 Å². The van der Waals surface area contributed by atoms with Gasteiger partial charge < -0.3 is 10.4 Å². The molecular formula is C10H10ClFN2O2. The Morgan fingerprint density at radius 1 is 1.81 bits per heavy atom. The number of halogens is 2. The summed E-state index contributed by atoms with van der Waals surface area (Å²) in [4.78, 5) is 14.3. The number of hydrogen-bond donors (Lipinski definition) is 2. The van der Waals surface area contributed by atoms with E-state index in [1.807, 2.05) is 0 Å². The number of rotatable bonds is 4. The van der Waals surface area contributed by atoms with Crippen LogP contribution in [0.15, 0.2) is 24.9 Å². The Bertz CT molecular complexity index is 412. The summed E-state index contributed by atoms with van der Waals surface area (Å²) in [6, 6.07) is 0.514. The van der Waals surface area contributed by atoms with Gasteiger partial charge in [0.1, 0.15) is 5.69 Å². The molecule has 1 atom stereocenters. The van der Waals surface area contributed by atoms with Crippen LogP contribution in [-0.4, -0.2) is 16.2 Å². The third kappa shape index (κ3) is 2.93. The van der Waals surface area contributed by atoms with Crippen LogP contribution in [0.25, 0.3) is 0 Å². The molecule has 0 bridgehead atoms. The van der Waals surface area contributed by atoms with Crippen LogP contribution < -0.4 is 5.32 Å². The Hall–Kier alpha value is -1.62. The van der Waals surface area contributed by atoms with Gasteiger partial charge in [-0.25, -0.2) is 9.18 Å². The van der Waals surface area contributed by atoms with Crippen molar-refractivity contribution in [3.63, 3.8) is 0 Å². The van der Waals surface area contributed by atoms with Crippen molar-refractivity contribution in [1.29, 1.82) is 0 Å². The van der Waals surface area contributed by atoms with Crippen LogP contribution in [0.3, 0.4) is 0 Å². The normalized spacial score (nSPS) is 11.9. The first-order valence-electron chi connectivity index (χ1n) is 4.46. The molecule has 0 fully saturated rings. The molecule has 1 amide bonds. The molecule has 4 nitrogen and oxygen atoms in total. The van der Waals surface area contributed by atoms with Gasteiger partial charge in [0.15, 0.2) is 5.82 Å². The van der Waals surface area contributed by atoms with Gasteiger partial charge in [0.2, 0.25) is 0 Å². The maximum Gasteiger partial charge on any atom is 0.405 e. The van der Waals surface area contributed by atoms with Crippen LogP contribution in [0, 0.1) is 5.82 Å². The van der Waals surface area contributed by atoms with E-state index in [0.29, 0.717) is 0 Å². The summed E-state index contributed by atoms with van der Waals surface area (Å²) in [5, 5.41) is 10.7. The number of pyridine rings is 1. The second-order valence-corrected chi connectivity index (χ2v) is 3.43. The number of carboxylic acid groups (broad SMARTS) is 1. The fourth-order valence-electron chi connectivity index (χ4n) is 1.23. The number of nitrogens with one attached hydrogen (secondary N) is 1. The van der Waals surface area contributed by atoms with Crippen molar-refractivity contribution in [3.8, 4) is 0 Å². The molecule has 0 aliphatic heterocycles. The summed E-state index contributed by atoms with van der Waals surface area (Å²) in [5.41, 5.74) is -0.0326. The molecule has 0 aliphatic rings. The fourth-order valence-corrected chi connectivity index (χ4v) is 1.39. The minimum atomic E-state index is -1.26. The second-order valence-electron chi connectivity index (χ2n) is 3.02. The molecule has 0 spiro atoms. The lowest BCUT2D eigenvalue weighted by Crippen LogP contribution is -2.27. The molecule has 86 valence electrons. The van der Waals surface area contributed by atoms with Gasteiger partial charge in [-0.3, -0.25) is 4.98 Å². The minimum Gasteiger partial charge on any atom is -0.465 e. The average Bonchev–Trinajstić information content (AvgIpc) is 2.21. The van der Waals surface area contributed by atoms with E-state index in [-0.39, 0.29) is 17.1 Å². The maximum absolute atomic E-state index is 13.6. The highest BCUT2D eigenvalue weighted by Crippen LogP contribution is 2.23. The van der Waals surface area contributed by atoms with Gasteiger partial charge >= 0.3 is 6.09 Å². The van der Waals surface area contributed by atoms with Crippen molar-refractivity contribution in [3.05, 3.63) is 41.5 Å². The van der Waals surface area contributed by atoms with Crippen molar-refractivity contribution in [2.75, 3.05) is 0 Å². The van der Waals surface area contributed by atoms with Crippen molar-refractivity contribution in [2.24, 2.45) is 0 Å². The third-order valence-corrected chi connectivity index (χ3v) is 2.19. The highest BCUT2D eigenvalue weighted by molar-refractivity contribution is 6.30. The van der Waals surface area contributed by atoms with Gasteiger partial charge in [0, 0.05) is 6.20 Å². The number of amides is 1. The van der Waals surface area contributed by atoms with Crippen LogP contribution in [-0.2, 0) is 0 Å². The highest BCUT2D eigenvalue weighted by atomic mass is 35.5.